The zero-order chi connectivity index (χ0) is 13.1. The van der Waals surface area contributed by atoms with Gasteiger partial charge in [0.1, 0.15) is 0 Å². The highest BCUT2D eigenvalue weighted by atomic mass is 16.4. The Labute approximate surface area is 105 Å². The largest absolute Gasteiger partial charge is 0.465 e. The molecule has 0 aromatic heterocycles. The number of amides is 2. The second-order valence-corrected chi connectivity index (χ2v) is 4.19. The molecule has 2 rings (SSSR count). The number of carbonyl (C=O) groups is 2. The number of anilines is 1. The molecule has 18 heavy (non-hydrogen) atoms. The van der Waals surface area contributed by atoms with E-state index in [1.165, 1.54) is 4.90 Å². The number of carbonyl (C=O) groups excluding carboxylic acids is 1. The van der Waals surface area contributed by atoms with E-state index >= 15 is 0 Å². The number of nitrogens with two attached hydrogens (primary N) is 1. The highest BCUT2D eigenvalue weighted by molar-refractivity contribution is 5.95. The summed E-state index contributed by atoms with van der Waals surface area (Å²) in [5.41, 5.74) is 6.72. The van der Waals surface area contributed by atoms with Crippen LogP contribution in [0.2, 0.25) is 0 Å². The van der Waals surface area contributed by atoms with Gasteiger partial charge in [0.2, 0.25) is 0 Å². The fourth-order valence-corrected chi connectivity index (χ4v) is 1.96. The van der Waals surface area contributed by atoms with E-state index in [0.29, 0.717) is 37.4 Å². The van der Waals surface area contributed by atoms with Crippen molar-refractivity contribution in [3.05, 3.63) is 29.8 Å². The lowest BCUT2D eigenvalue weighted by atomic mass is 10.1. The number of nitrogen functional groups attached to an aromatic ring is 1. The van der Waals surface area contributed by atoms with E-state index in [9.17, 15) is 9.59 Å². The number of benzene rings is 1. The van der Waals surface area contributed by atoms with Gasteiger partial charge in [0.05, 0.1) is 0 Å². The average molecular weight is 249 g/mol. The molecule has 0 unspecified atom stereocenters. The van der Waals surface area contributed by atoms with Crippen molar-refractivity contribution in [3.63, 3.8) is 0 Å². The van der Waals surface area contributed by atoms with Crippen LogP contribution in [0.1, 0.15) is 10.4 Å². The van der Waals surface area contributed by atoms with Crippen LogP contribution in [0.4, 0.5) is 10.5 Å². The quantitative estimate of drug-likeness (QED) is 0.717. The van der Waals surface area contributed by atoms with E-state index < -0.39 is 6.09 Å². The first kappa shape index (κ1) is 12.2. The van der Waals surface area contributed by atoms with Gasteiger partial charge in [-0.05, 0) is 18.2 Å². The molecule has 1 saturated heterocycles. The number of hydrogen-bond acceptors (Lipinski definition) is 3. The Kier molecular flexibility index (Phi) is 3.36. The molecular weight excluding hydrogens is 234 g/mol. The highest BCUT2D eigenvalue weighted by Crippen LogP contribution is 2.11. The molecule has 1 heterocycles. The maximum Gasteiger partial charge on any atom is 0.407 e. The van der Waals surface area contributed by atoms with Crippen LogP contribution < -0.4 is 5.73 Å². The summed E-state index contributed by atoms with van der Waals surface area (Å²) >= 11 is 0. The van der Waals surface area contributed by atoms with E-state index in [0.717, 1.165) is 0 Å². The topological polar surface area (TPSA) is 86.9 Å². The molecule has 1 aromatic rings. The SMILES string of the molecule is Nc1cccc(C(=O)N2CCN(C(=O)O)CC2)c1. The van der Waals surface area contributed by atoms with Crippen molar-refractivity contribution < 1.29 is 14.7 Å². The van der Waals surface area contributed by atoms with E-state index in [4.69, 9.17) is 10.8 Å². The summed E-state index contributed by atoms with van der Waals surface area (Å²) in [5.74, 6) is -0.104. The number of carboxylic acid groups (broad SMARTS) is 1. The molecule has 2 amide bonds. The summed E-state index contributed by atoms with van der Waals surface area (Å²) < 4.78 is 0. The minimum atomic E-state index is -0.939. The van der Waals surface area contributed by atoms with Gasteiger partial charge in [0.25, 0.3) is 5.91 Å². The summed E-state index contributed by atoms with van der Waals surface area (Å²) in [6, 6.07) is 6.80. The summed E-state index contributed by atoms with van der Waals surface area (Å²) in [6.45, 7) is 1.53. The van der Waals surface area contributed by atoms with Crippen molar-refractivity contribution >= 4 is 17.7 Å². The van der Waals surface area contributed by atoms with Gasteiger partial charge >= 0.3 is 6.09 Å². The van der Waals surface area contributed by atoms with Crippen molar-refractivity contribution in [1.29, 1.82) is 0 Å². The molecule has 0 bridgehead atoms. The fraction of sp³-hybridized carbons (Fsp3) is 0.333. The second kappa shape index (κ2) is 4.95. The summed E-state index contributed by atoms with van der Waals surface area (Å²) in [4.78, 5) is 25.8. The predicted molar refractivity (Wildman–Crippen MR) is 66.4 cm³/mol. The molecule has 1 aromatic carbocycles. The summed E-state index contributed by atoms with van der Waals surface area (Å²) in [7, 11) is 0. The van der Waals surface area contributed by atoms with Crippen LogP contribution in [0.5, 0.6) is 0 Å². The molecule has 1 aliphatic rings. The third-order valence-corrected chi connectivity index (χ3v) is 2.97. The zero-order valence-corrected chi connectivity index (χ0v) is 9.87. The molecule has 6 heteroatoms. The van der Waals surface area contributed by atoms with Gasteiger partial charge in [-0.25, -0.2) is 4.79 Å². The summed E-state index contributed by atoms with van der Waals surface area (Å²) in [6.07, 6.45) is -0.939. The number of hydrogen-bond donors (Lipinski definition) is 2. The first-order valence-electron chi connectivity index (χ1n) is 5.70. The van der Waals surface area contributed by atoms with Gasteiger partial charge < -0.3 is 20.6 Å². The van der Waals surface area contributed by atoms with Gasteiger partial charge in [0, 0.05) is 37.4 Å². The summed E-state index contributed by atoms with van der Waals surface area (Å²) in [5, 5.41) is 8.82. The van der Waals surface area contributed by atoms with E-state index in [-0.39, 0.29) is 5.91 Å². The van der Waals surface area contributed by atoms with Crippen LogP contribution in [-0.2, 0) is 0 Å². The standard InChI is InChI=1S/C12H15N3O3/c13-10-3-1-2-9(8-10)11(16)14-4-6-15(7-5-14)12(17)18/h1-3,8H,4-7,13H2,(H,17,18). The van der Waals surface area contributed by atoms with Gasteiger partial charge in [-0.2, -0.15) is 0 Å². The Morgan fingerprint density at radius 2 is 1.72 bits per heavy atom. The number of rotatable bonds is 1. The first-order chi connectivity index (χ1) is 8.58. The fourth-order valence-electron chi connectivity index (χ4n) is 1.96. The first-order valence-corrected chi connectivity index (χ1v) is 5.70. The van der Waals surface area contributed by atoms with Gasteiger partial charge in [-0.1, -0.05) is 6.07 Å². The van der Waals surface area contributed by atoms with E-state index in [1.54, 1.807) is 29.2 Å². The molecule has 3 N–H and O–H groups in total. The van der Waals surface area contributed by atoms with Crippen LogP contribution >= 0.6 is 0 Å². The van der Waals surface area contributed by atoms with Crippen LogP contribution in [0.3, 0.4) is 0 Å². The van der Waals surface area contributed by atoms with Crippen molar-refractivity contribution in [1.82, 2.24) is 9.80 Å². The van der Waals surface area contributed by atoms with E-state index in [2.05, 4.69) is 0 Å². The van der Waals surface area contributed by atoms with Crippen molar-refractivity contribution in [2.24, 2.45) is 0 Å². The second-order valence-electron chi connectivity index (χ2n) is 4.19. The molecule has 0 saturated carbocycles. The Balaban J connectivity index is 2.02. The lowest BCUT2D eigenvalue weighted by Gasteiger charge is -2.33. The maximum absolute atomic E-state index is 12.1. The third-order valence-electron chi connectivity index (χ3n) is 2.97. The molecule has 1 fully saturated rings. The molecule has 0 radical (unpaired) electrons. The average Bonchev–Trinajstić information content (AvgIpc) is 2.38. The highest BCUT2D eigenvalue weighted by Gasteiger charge is 2.24. The number of piperazine rings is 1. The minimum Gasteiger partial charge on any atom is -0.465 e. The Hall–Kier alpha value is -2.24. The monoisotopic (exact) mass is 249 g/mol. The smallest absolute Gasteiger partial charge is 0.407 e. The molecule has 1 aliphatic heterocycles. The predicted octanol–water partition coefficient (Wildman–Crippen LogP) is 0.705. The Morgan fingerprint density at radius 3 is 2.28 bits per heavy atom. The molecule has 6 nitrogen and oxygen atoms in total. The van der Waals surface area contributed by atoms with Crippen LogP contribution in [0, 0.1) is 0 Å². The van der Waals surface area contributed by atoms with Crippen LogP contribution in [0.15, 0.2) is 24.3 Å². The van der Waals surface area contributed by atoms with E-state index in [1.807, 2.05) is 0 Å². The van der Waals surface area contributed by atoms with Crippen LogP contribution in [0.25, 0.3) is 0 Å². The lowest BCUT2D eigenvalue weighted by molar-refractivity contribution is 0.0625. The lowest BCUT2D eigenvalue weighted by Crippen LogP contribution is -2.50. The molecular formula is C12H15N3O3. The van der Waals surface area contributed by atoms with Crippen molar-refractivity contribution in [3.8, 4) is 0 Å². The van der Waals surface area contributed by atoms with Gasteiger partial charge in [0.15, 0.2) is 0 Å². The van der Waals surface area contributed by atoms with Crippen molar-refractivity contribution in [2.45, 2.75) is 0 Å². The molecule has 0 spiro atoms. The van der Waals surface area contributed by atoms with Gasteiger partial charge in [-0.15, -0.1) is 0 Å². The molecule has 0 atom stereocenters. The normalized spacial score (nSPS) is 15.6. The Morgan fingerprint density at radius 1 is 1.11 bits per heavy atom. The molecule has 0 aliphatic carbocycles. The number of nitrogens with zero attached hydrogens (tertiary/aromatic N) is 2. The van der Waals surface area contributed by atoms with Gasteiger partial charge in [-0.3, -0.25) is 4.79 Å². The minimum absolute atomic E-state index is 0.104. The molecule has 96 valence electrons. The Bertz CT molecular complexity index is 467. The third kappa shape index (κ3) is 2.53. The zero-order valence-electron chi connectivity index (χ0n) is 9.87. The van der Waals surface area contributed by atoms with Crippen LogP contribution in [-0.4, -0.2) is 53.1 Å². The van der Waals surface area contributed by atoms with Crippen molar-refractivity contribution in [2.75, 3.05) is 31.9 Å². The maximum atomic E-state index is 12.1.